The third-order valence-corrected chi connectivity index (χ3v) is 1.33. The van der Waals surface area contributed by atoms with Crippen LogP contribution in [0.25, 0.3) is 0 Å². The fourth-order valence-corrected chi connectivity index (χ4v) is 0.461. The monoisotopic (exact) mass is 190 g/mol. The molecule has 0 aromatic heterocycles. The zero-order valence-corrected chi connectivity index (χ0v) is 6.39. The number of halogens is 1. The second-order valence-corrected chi connectivity index (χ2v) is 2.24. The van der Waals surface area contributed by atoms with E-state index < -0.39 is 5.97 Å². The summed E-state index contributed by atoms with van der Waals surface area (Å²) in [6, 6.07) is 0. The molecule has 0 heterocycles. The number of rotatable bonds is 3. The second kappa shape index (κ2) is 4.32. The van der Waals surface area contributed by atoms with E-state index in [9.17, 15) is 4.79 Å². The average molecular weight is 191 g/mol. The first-order valence-electron chi connectivity index (χ1n) is 2.38. The van der Waals surface area contributed by atoms with Gasteiger partial charge < -0.3 is 5.11 Å². The minimum Gasteiger partial charge on any atom is -0.477 e. The van der Waals surface area contributed by atoms with Crippen LogP contribution < -0.4 is 0 Å². The van der Waals surface area contributed by atoms with Crippen LogP contribution in [0.4, 0.5) is 0 Å². The average Bonchev–Trinajstić information content (AvgIpc) is 1.82. The van der Waals surface area contributed by atoms with Gasteiger partial charge in [0.05, 0.1) is 4.48 Å². The maximum atomic E-state index is 10.1. The standard InChI is InChI=1S/C6H7BrO2/c1-2-3-4-5(7)6(8)9/h2,4H,1,3H2,(H,8,9)/b5-4-. The fraction of sp³-hybridized carbons (Fsp3) is 0.167. The van der Waals surface area contributed by atoms with Gasteiger partial charge in [0.25, 0.3) is 0 Å². The van der Waals surface area contributed by atoms with Gasteiger partial charge in [0, 0.05) is 0 Å². The topological polar surface area (TPSA) is 37.3 Å². The van der Waals surface area contributed by atoms with Gasteiger partial charge in [0.1, 0.15) is 0 Å². The van der Waals surface area contributed by atoms with Gasteiger partial charge in [-0.15, -0.1) is 6.58 Å². The van der Waals surface area contributed by atoms with Gasteiger partial charge in [-0.25, -0.2) is 4.79 Å². The van der Waals surface area contributed by atoms with E-state index in [1.54, 1.807) is 6.08 Å². The van der Waals surface area contributed by atoms with Crippen molar-refractivity contribution in [3.05, 3.63) is 23.2 Å². The highest BCUT2D eigenvalue weighted by Crippen LogP contribution is 2.05. The number of hydrogen-bond donors (Lipinski definition) is 1. The molecule has 0 radical (unpaired) electrons. The first-order valence-corrected chi connectivity index (χ1v) is 3.17. The summed E-state index contributed by atoms with van der Waals surface area (Å²) in [4.78, 5) is 10.1. The van der Waals surface area contributed by atoms with Crippen molar-refractivity contribution < 1.29 is 9.90 Å². The summed E-state index contributed by atoms with van der Waals surface area (Å²) in [5.74, 6) is -0.947. The first kappa shape index (κ1) is 8.43. The summed E-state index contributed by atoms with van der Waals surface area (Å²) >= 11 is 2.86. The molecular weight excluding hydrogens is 184 g/mol. The lowest BCUT2D eigenvalue weighted by Gasteiger charge is -1.85. The Labute approximate surface area is 62.0 Å². The summed E-state index contributed by atoms with van der Waals surface area (Å²) in [6.07, 6.45) is 3.74. The van der Waals surface area contributed by atoms with E-state index in [-0.39, 0.29) is 4.48 Å². The van der Waals surface area contributed by atoms with Gasteiger partial charge in [-0.2, -0.15) is 0 Å². The predicted octanol–water partition coefficient (Wildman–Crippen LogP) is 1.93. The van der Waals surface area contributed by atoms with Crippen molar-refractivity contribution in [1.82, 2.24) is 0 Å². The normalized spacial score (nSPS) is 11.0. The summed E-state index contributed by atoms with van der Waals surface area (Å²) in [5.41, 5.74) is 0. The SMILES string of the molecule is C=CC/C=C(\Br)C(=O)O. The Morgan fingerprint density at radius 1 is 1.78 bits per heavy atom. The largest absolute Gasteiger partial charge is 0.477 e. The molecule has 0 aromatic carbocycles. The molecule has 2 nitrogen and oxygen atoms in total. The van der Waals surface area contributed by atoms with Crippen molar-refractivity contribution in [2.75, 3.05) is 0 Å². The van der Waals surface area contributed by atoms with E-state index in [1.807, 2.05) is 0 Å². The van der Waals surface area contributed by atoms with Crippen LogP contribution in [0.3, 0.4) is 0 Å². The maximum absolute atomic E-state index is 10.1. The Hall–Kier alpha value is -0.570. The molecule has 9 heavy (non-hydrogen) atoms. The fourth-order valence-electron chi connectivity index (χ4n) is 0.274. The zero-order chi connectivity index (χ0) is 7.28. The smallest absolute Gasteiger partial charge is 0.342 e. The Balaban J connectivity index is 3.83. The van der Waals surface area contributed by atoms with Crippen molar-refractivity contribution in [3.63, 3.8) is 0 Å². The van der Waals surface area contributed by atoms with E-state index in [4.69, 9.17) is 5.11 Å². The summed E-state index contributed by atoms with van der Waals surface area (Å²) < 4.78 is 0.183. The number of allylic oxidation sites excluding steroid dienone is 2. The maximum Gasteiger partial charge on any atom is 0.342 e. The Morgan fingerprint density at radius 3 is 2.67 bits per heavy atom. The van der Waals surface area contributed by atoms with E-state index in [2.05, 4.69) is 22.5 Å². The lowest BCUT2D eigenvalue weighted by atomic mass is 10.4. The molecule has 50 valence electrons. The first-order chi connectivity index (χ1) is 4.18. The Morgan fingerprint density at radius 2 is 2.33 bits per heavy atom. The quantitative estimate of drug-likeness (QED) is 0.546. The van der Waals surface area contributed by atoms with E-state index in [1.165, 1.54) is 6.08 Å². The lowest BCUT2D eigenvalue weighted by Crippen LogP contribution is -1.91. The van der Waals surface area contributed by atoms with Crippen molar-refractivity contribution in [2.45, 2.75) is 6.42 Å². The van der Waals surface area contributed by atoms with Crippen molar-refractivity contribution in [2.24, 2.45) is 0 Å². The molecule has 0 aliphatic carbocycles. The van der Waals surface area contributed by atoms with Crippen LogP contribution in [0.5, 0.6) is 0 Å². The zero-order valence-electron chi connectivity index (χ0n) is 4.80. The predicted molar refractivity (Wildman–Crippen MR) is 39.5 cm³/mol. The van der Waals surface area contributed by atoms with Crippen LogP contribution >= 0.6 is 15.9 Å². The summed E-state index contributed by atoms with van der Waals surface area (Å²) in [5, 5.41) is 8.26. The number of carbonyl (C=O) groups is 1. The van der Waals surface area contributed by atoms with Crippen molar-refractivity contribution >= 4 is 21.9 Å². The van der Waals surface area contributed by atoms with E-state index in [0.29, 0.717) is 6.42 Å². The highest BCUT2D eigenvalue weighted by Gasteiger charge is 1.98. The van der Waals surface area contributed by atoms with Gasteiger partial charge in [0.15, 0.2) is 0 Å². The van der Waals surface area contributed by atoms with Gasteiger partial charge in [-0.3, -0.25) is 0 Å². The van der Waals surface area contributed by atoms with E-state index in [0.717, 1.165) is 0 Å². The molecule has 1 N–H and O–H groups in total. The number of carboxylic acid groups (broad SMARTS) is 1. The molecule has 3 heteroatoms. The molecule has 0 bridgehead atoms. The molecular formula is C6H7BrO2. The molecule has 0 rings (SSSR count). The summed E-state index contributed by atoms with van der Waals surface area (Å²) in [6.45, 7) is 3.43. The molecule has 0 aliphatic rings. The second-order valence-electron chi connectivity index (χ2n) is 1.38. The highest BCUT2D eigenvalue weighted by atomic mass is 79.9. The van der Waals surface area contributed by atoms with Gasteiger partial charge in [-0.1, -0.05) is 12.2 Å². The molecule has 0 fully saturated rings. The van der Waals surface area contributed by atoms with Gasteiger partial charge in [0.2, 0.25) is 0 Å². The number of aliphatic carboxylic acids is 1. The lowest BCUT2D eigenvalue weighted by molar-refractivity contribution is -0.131. The van der Waals surface area contributed by atoms with Crippen LogP contribution in [0, 0.1) is 0 Å². The minimum absolute atomic E-state index is 0.183. The third-order valence-electron chi connectivity index (χ3n) is 0.668. The van der Waals surface area contributed by atoms with Crippen LogP contribution in [-0.4, -0.2) is 11.1 Å². The number of hydrogen-bond acceptors (Lipinski definition) is 1. The molecule has 0 spiro atoms. The third kappa shape index (κ3) is 3.97. The molecule has 0 unspecified atom stereocenters. The van der Waals surface area contributed by atoms with Crippen LogP contribution in [-0.2, 0) is 4.79 Å². The molecule has 0 saturated carbocycles. The summed E-state index contributed by atoms with van der Waals surface area (Å²) in [7, 11) is 0. The minimum atomic E-state index is -0.947. The van der Waals surface area contributed by atoms with Crippen molar-refractivity contribution in [3.8, 4) is 0 Å². The van der Waals surface area contributed by atoms with Crippen LogP contribution in [0.1, 0.15) is 6.42 Å². The number of carboxylic acids is 1. The molecule has 0 aliphatic heterocycles. The van der Waals surface area contributed by atoms with Gasteiger partial charge in [-0.05, 0) is 22.4 Å². The van der Waals surface area contributed by atoms with Crippen LogP contribution in [0.15, 0.2) is 23.2 Å². The van der Waals surface area contributed by atoms with Gasteiger partial charge >= 0.3 is 5.97 Å². The molecule has 0 saturated heterocycles. The highest BCUT2D eigenvalue weighted by molar-refractivity contribution is 9.12. The Bertz CT molecular complexity index is 149. The Kier molecular flexibility index (Phi) is 4.05. The molecule has 0 aromatic rings. The van der Waals surface area contributed by atoms with Crippen LogP contribution in [0.2, 0.25) is 0 Å². The molecule has 0 atom stereocenters. The van der Waals surface area contributed by atoms with Crippen molar-refractivity contribution in [1.29, 1.82) is 0 Å². The molecule has 0 amide bonds. The van der Waals surface area contributed by atoms with E-state index >= 15 is 0 Å².